The summed E-state index contributed by atoms with van der Waals surface area (Å²) in [6, 6.07) is 17.4. The van der Waals surface area contributed by atoms with Gasteiger partial charge in [-0.3, -0.25) is 9.59 Å². The number of carbonyl (C=O) groups is 3. The first kappa shape index (κ1) is 22.6. The van der Waals surface area contributed by atoms with Crippen LogP contribution >= 0.6 is 0 Å². The molecule has 0 spiro atoms. The minimum absolute atomic E-state index is 0.219. The van der Waals surface area contributed by atoms with Crippen molar-refractivity contribution in [1.29, 1.82) is 0 Å². The third-order valence-electron chi connectivity index (χ3n) is 4.68. The number of aryl methyl sites for hydroxylation is 1. The van der Waals surface area contributed by atoms with E-state index in [1.54, 1.807) is 48.5 Å². The van der Waals surface area contributed by atoms with Crippen LogP contribution in [-0.2, 0) is 20.9 Å². The van der Waals surface area contributed by atoms with Gasteiger partial charge in [0.1, 0.15) is 11.5 Å². The lowest BCUT2D eigenvalue weighted by Crippen LogP contribution is -2.34. The Bertz CT molecular complexity index is 1080. The van der Waals surface area contributed by atoms with Gasteiger partial charge in [0.15, 0.2) is 13.2 Å². The molecule has 1 N–H and O–H groups in total. The SMILES string of the molecule is Cc1ccccc1OCC(=O)OCC(=O)N(C)c1ccccc1C(=O)NCc1ccco1. The summed E-state index contributed by atoms with van der Waals surface area (Å²) in [6.45, 7) is 1.29. The number of esters is 1. The van der Waals surface area contributed by atoms with Crippen molar-refractivity contribution in [2.75, 3.05) is 25.2 Å². The van der Waals surface area contributed by atoms with E-state index in [4.69, 9.17) is 13.9 Å². The van der Waals surface area contributed by atoms with Gasteiger partial charge in [0.2, 0.25) is 0 Å². The molecule has 3 rings (SSSR count). The minimum Gasteiger partial charge on any atom is -0.482 e. The fourth-order valence-electron chi connectivity index (χ4n) is 2.90. The number of rotatable bonds is 9. The molecule has 0 fully saturated rings. The highest BCUT2D eigenvalue weighted by Crippen LogP contribution is 2.20. The number of nitrogens with zero attached hydrogens (tertiary/aromatic N) is 1. The molecule has 0 saturated carbocycles. The van der Waals surface area contributed by atoms with E-state index in [1.807, 2.05) is 19.1 Å². The molecular formula is C24H24N2O6. The Labute approximate surface area is 185 Å². The van der Waals surface area contributed by atoms with E-state index in [2.05, 4.69) is 5.32 Å². The third-order valence-corrected chi connectivity index (χ3v) is 4.68. The van der Waals surface area contributed by atoms with Gasteiger partial charge in [0.25, 0.3) is 11.8 Å². The molecule has 3 aromatic rings. The van der Waals surface area contributed by atoms with Gasteiger partial charge in [-0.2, -0.15) is 0 Å². The zero-order valence-electron chi connectivity index (χ0n) is 17.9. The topological polar surface area (TPSA) is 98.1 Å². The number of ether oxygens (including phenoxy) is 2. The van der Waals surface area contributed by atoms with Gasteiger partial charge in [0, 0.05) is 7.05 Å². The number of anilines is 1. The van der Waals surface area contributed by atoms with Crippen LogP contribution < -0.4 is 15.0 Å². The van der Waals surface area contributed by atoms with Crippen LogP contribution in [0.5, 0.6) is 5.75 Å². The highest BCUT2D eigenvalue weighted by Gasteiger charge is 2.20. The molecule has 2 amide bonds. The predicted molar refractivity (Wildman–Crippen MR) is 117 cm³/mol. The summed E-state index contributed by atoms with van der Waals surface area (Å²) in [5.74, 6) is -0.331. The van der Waals surface area contributed by atoms with E-state index in [1.165, 1.54) is 18.2 Å². The smallest absolute Gasteiger partial charge is 0.344 e. The van der Waals surface area contributed by atoms with Gasteiger partial charge in [-0.25, -0.2) is 4.79 Å². The molecule has 0 aliphatic heterocycles. The summed E-state index contributed by atoms with van der Waals surface area (Å²) in [4.78, 5) is 38.4. The monoisotopic (exact) mass is 436 g/mol. The van der Waals surface area contributed by atoms with Gasteiger partial charge >= 0.3 is 5.97 Å². The summed E-state index contributed by atoms with van der Waals surface area (Å²) < 4.78 is 15.7. The van der Waals surface area contributed by atoms with Crippen LogP contribution in [0.4, 0.5) is 5.69 Å². The van der Waals surface area contributed by atoms with E-state index < -0.39 is 18.5 Å². The molecule has 1 aromatic heterocycles. The van der Waals surface area contributed by atoms with Crippen molar-refractivity contribution < 1.29 is 28.3 Å². The largest absolute Gasteiger partial charge is 0.482 e. The predicted octanol–water partition coefficient (Wildman–Crippen LogP) is 3.10. The van der Waals surface area contributed by atoms with Gasteiger partial charge in [-0.05, 0) is 42.8 Å². The average Bonchev–Trinajstić information content (AvgIpc) is 3.33. The fraction of sp³-hybridized carbons (Fsp3) is 0.208. The van der Waals surface area contributed by atoms with Crippen LogP contribution in [0, 0.1) is 6.92 Å². The van der Waals surface area contributed by atoms with Gasteiger partial charge in [0.05, 0.1) is 24.1 Å². The van der Waals surface area contributed by atoms with E-state index in [0.29, 0.717) is 22.8 Å². The molecule has 32 heavy (non-hydrogen) atoms. The lowest BCUT2D eigenvalue weighted by molar-refractivity contribution is -0.149. The van der Waals surface area contributed by atoms with Crippen molar-refractivity contribution in [1.82, 2.24) is 5.32 Å². The number of amides is 2. The molecule has 0 unspecified atom stereocenters. The summed E-state index contributed by atoms with van der Waals surface area (Å²) >= 11 is 0. The average molecular weight is 436 g/mol. The van der Waals surface area contributed by atoms with Crippen molar-refractivity contribution in [3.05, 3.63) is 83.8 Å². The number of hydrogen-bond donors (Lipinski definition) is 1. The molecule has 2 aromatic carbocycles. The second-order valence-corrected chi connectivity index (χ2v) is 6.95. The van der Waals surface area contributed by atoms with Gasteiger partial charge in [-0.1, -0.05) is 30.3 Å². The summed E-state index contributed by atoms with van der Waals surface area (Å²) in [5, 5.41) is 2.75. The zero-order valence-corrected chi connectivity index (χ0v) is 17.9. The van der Waals surface area contributed by atoms with Crippen LogP contribution in [-0.4, -0.2) is 38.0 Å². The molecule has 0 aliphatic rings. The van der Waals surface area contributed by atoms with E-state index in [-0.39, 0.29) is 19.1 Å². The number of likely N-dealkylation sites (N-methyl/N-ethyl adjacent to an activating group) is 1. The van der Waals surface area contributed by atoms with Gasteiger partial charge < -0.3 is 24.1 Å². The Balaban J connectivity index is 1.54. The second-order valence-electron chi connectivity index (χ2n) is 6.95. The minimum atomic E-state index is -0.667. The molecule has 8 nitrogen and oxygen atoms in total. The van der Waals surface area contributed by atoms with Crippen molar-refractivity contribution >= 4 is 23.5 Å². The highest BCUT2D eigenvalue weighted by atomic mass is 16.6. The quantitative estimate of drug-likeness (QED) is 0.518. The molecular weight excluding hydrogens is 412 g/mol. The number of para-hydroxylation sites is 2. The van der Waals surface area contributed by atoms with Crippen molar-refractivity contribution in [2.24, 2.45) is 0 Å². The van der Waals surface area contributed by atoms with Crippen LogP contribution in [0.25, 0.3) is 0 Å². The van der Waals surface area contributed by atoms with E-state index >= 15 is 0 Å². The Morgan fingerprint density at radius 2 is 1.72 bits per heavy atom. The molecule has 166 valence electrons. The van der Waals surface area contributed by atoms with Crippen molar-refractivity contribution in [2.45, 2.75) is 13.5 Å². The van der Waals surface area contributed by atoms with Crippen molar-refractivity contribution in [3.63, 3.8) is 0 Å². The van der Waals surface area contributed by atoms with Crippen LogP contribution in [0.1, 0.15) is 21.7 Å². The number of hydrogen-bond acceptors (Lipinski definition) is 6. The van der Waals surface area contributed by atoms with Crippen LogP contribution in [0.15, 0.2) is 71.3 Å². The summed E-state index contributed by atoms with van der Waals surface area (Å²) in [7, 11) is 1.51. The standard InChI is InChI=1S/C24H24N2O6/c1-17-8-3-6-12-21(17)31-16-23(28)32-15-22(27)26(2)20-11-5-4-10-19(20)24(29)25-14-18-9-7-13-30-18/h3-13H,14-16H2,1-2H3,(H,25,29). The van der Waals surface area contributed by atoms with E-state index in [9.17, 15) is 14.4 Å². The number of carbonyl (C=O) groups excluding carboxylic acids is 3. The van der Waals surface area contributed by atoms with Gasteiger partial charge in [-0.15, -0.1) is 0 Å². The molecule has 0 radical (unpaired) electrons. The number of benzene rings is 2. The molecule has 0 aliphatic carbocycles. The molecule has 0 bridgehead atoms. The number of nitrogens with one attached hydrogen (secondary N) is 1. The van der Waals surface area contributed by atoms with Crippen LogP contribution in [0.2, 0.25) is 0 Å². The normalized spacial score (nSPS) is 10.3. The maximum Gasteiger partial charge on any atom is 0.344 e. The molecule has 1 heterocycles. The van der Waals surface area contributed by atoms with E-state index in [0.717, 1.165) is 5.56 Å². The van der Waals surface area contributed by atoms with Crippen molar-refractivity contribution in [3.8, 4) is 5.75 Å². The Morgan fingerprint density at radius 3 is 2.47 bits per heavy atom. The first-order valence-corrected chi connectivity index (χ1v) is 9.96. The summed E-state index contributed by atoms with van der Waals surface area (Å²) in [5.41, 5.74) is 1.59. The fourth-order valence-corrected chi connectivity index (χ4v) is 2.90. The lowest BCUT2D eigenvalue weighted by atomic mass is 10.1. The maximum absolute atomic E-state index is 12.6. The lowest BCUT2D eigenvalue weighted by Gasteiger charge is -2.20. The highest BCUT2D eigenvalue weighted by molar-refractivity contribution is 6.05. The van der Waals surface area contributed by atoms with Crippen LogP contribution in [0.3, 0.4) is 0 Å². The third kappa shape index (κ3) is 5.98. The molecule has 0 saturated heterocycles. The molecule has 8 heteroatoms. The Morgan fingerprint density at radius 1 is 0.969 bits per heavy atom. The molecule has 0 atom stereocenters. The Hall–Kier alpha value is -4.07. The maximum atomic E-state index is 12.6. The second kappa shape index (κ2) is 10.8. The zero-order chi connectivity index (χ0) is 22.9. The number of furan rings is 1. The first-order valence-electron chi connectivity index (χ1n) is 9.96. The Kier molecular flexibility index (Phi) is 7.64. The summed E-state index contributed by atoms with van der Waals surface area (Å²) in [6.07, 6.45) is 1.52. The first-order chi connectivity index (χ1) is 15.5.